The van der Waals surface area contributed by atoms with Gasteiger partial charge in [-0.05, 0) is 19.3 Å². The summed E-state index contributed by atoms with van der Waals surface area (Å²) in [6, 6.07) is 0.883. The topological polar surface area (TPSA) is 59.4 Å². The lowest BCUT2D eigenvalue weighted by Crippen LogP contribution is -2.50. The fraction of sp³-hybridized carbons (Fsp3) is 0.714. The fourth-order valence-electron chi connectivity index (χ4n) is 3.01. The van der Waals surface area contributed by atoms with Crippen LogP contribution in [0.25, 0.3) is 0 Å². The number of nitrogens with zero attached hydrogens (tertiary/aromatic N) is 3. The predicted molar refractivity (Wildman–Crippen MR) is 77.1 cm³/mol. The molecule has 3 heterocycles. The minimum absolute atomic E-state index is 0.0163. The van der Waals surface area contributed by atoms with Crippen molar-refractivity contribution in [2.75, 3.05) is 31.2 Å². The van der Waals surface area contributed by atoms with Crippen LogP contribution in [0.5, 0.6) is 0 Å². The van der Waals surface area contributed by atoms with E-state index in [1.807, 2.05) is 0 Å². The molecule has 2 aliphatic rings. The Balaban J connectivity index is 1.68. The highest BCUT2D eigenvalue weighted by atomic mass is 16.5. The standard InChI is InChI=1S/C14H22N4O2/c1-17-7-5-15-13(14(17)19)18-6-2-3-11(9-18)16-12-4-8-20-10-12/h5,7,11-12,16H,2-4,6,8-10H2,1H3/t11-,12-/m1/s1. The smallest absolute Gasteiger partial charge is 0.293 e. The van der Waals surface area contributed by atoms with Gasteiger partial charge in [-0.25, -0.2) is 4.98 Å². The second-order valence-electron chi connectivity index (χ2n) is 5.68. The molecule has 1 aromatic rings. The molecule has 3 rings (SSSR count). The van der Waals surface area contributed by atoms with Gasteiger partial charge in [0.1, 0.15) is 0 Å². The maximum absolute atomic E-state index is 12.1. The van der Waals surface area contributed by atoms with Gasteiger partial charge in [0, 0.05) is 51.2 Å². The summed E-state index contributed by atoms with van der Waals surface area (Å²) in [5.74, 6) is 0.573. The summed E-state index contributed by atoms with van der Waals surface area (Å²) < 4.78 is 6.99. The molecule has 0 spiro atoms. The Kier molecular flexibility index (Phi) is 4.03. The molecule has 1 N–H and O–H groups in total. The number of aryl methyl sites for hydroxylation is 1. The zero-order valence-corrected chi connectivity index (χ0v) is 11.9. The van der Waals surface area contributed by atoms with Crippen molar-refractivity contribution in [3.05, 3.63) is 22.7 Å². The van der Waals surface area contributed by atoms with Gasteiger partial charge in [-0.15, -0.1) is 0 Å². The van der Waals surface area contributed by atoms with E-state index in [2.05, 4.69) is 15.2 Å². The van der Waals surface area contributed by atoms with E-state index in [1.165, 1.54) is 0 Å². The van der Waals surface area contributed by atoms with Crippen LogP contribution in [0.4, 0.5) is 5.82 Å². The summed E-state index contributed by atoms with van der Waals surface area (Å²) >= 11 is 0. The Hall–Kier alpha value is -1.40. The highest BCUT2D eigenvalue weighted by molar-refractivity contribution is 5.36. The van der Waals surface area contributed by atoms with Crippen LogP contribution in [-0.2, 0) is 11.8 Å². The third-order valence-corrected chi connectivity index (χ3v) is 4.12. The number of hydrogen-bond acceptors (Lipinski definition) is 5. The third kappa shape index (κ3) is 2.86. The first-order valence-corrected chi connectivity index (χ1v) is 7.34. The SMILES string of the molecule is Cn1ccnc(N2CCC[C@@H](N[C@@H]3CCOC3)C2)c1=O. The van der Waals surface area contributed by atoms with E-state index >= 15 is 0 Å². The maximum Gasteiger partial charge on any atom is 0.293 e. The van der Waals surface area contributed by atoms with Crippen molar-refractivity contribution in [2.45, 2.75) is 31.3 Å². The van der Waals surface area contributed by atoms with Gasteiger partial charge in [0.15, 0.2) is 5.82 Å². The number of rotatable bonds is 3. The molecular formula is C14H22N4O2. The van der Waals surface area contributed by atoms with Crippen molar-refractivity contribution in [1.29, 1.82) is 0 Å². The van der Waals surface area contributed by atoms with Crippen LogP contribution in [-0.4, -0.2) is 47.9 Å². The maximum atomic E-state index is 12.1. The van der Waals surface area contributed by atoms with Gasteiger partial charge in [-0.2, -0.15) is 0 Å². The van der Waals surface area contributed by atoms with E-state index in [1.54, 1.807) is 24.0 Å². The van der Waals surface area contributed by atoms with Gasteiger partial charge >= 0.3 is 0 Å². The van der Waals surface area contributed by atoms with Crippen molar-refractivity contribution in [3.8, 4) is 0 Å². The van der Waals surface area contributed by atoms with Crippen LogP contribution in [0, 0.1) is 0 Å². The quantitative estimate of drug-likeness (QED) is 0.851. The number of hydrogen-bond donors (Lipinski definition) is 1. The van der Waals surface area contributed by atoms with Gasteiger partial charge < -0.3 is 19.5 Å². The van der Waals surface area contributed by atoms with Crippen molar-refractivity contribution in [1.82, 2.24) is 14.9 Å². The largest absolute Gasteiger partial charge is 0.380 e. The summed E-state index contributed by atoms with van der Waals surface area (Å²) in [5, 5.41) is 3.65. The number of aromatic nitrogens is 2. The molecular weight excluding hydrogens is 256 g/mol. The van der Waals surface area contributed by atoms with E-state index < -0.39 is 0 Å². The molecule has 0 saturated carbocycles. The number of anilines is 1. The molecule has 6 nitrogen and oxygen atoms in total. The third-order valence-electron chi connectivity index (χ3n) is 4.12. The van der Waals surface area contributed by atoms with Gasteiger partial charge in [0.2, 0.25) is 0 Å². The van der Waals surface area contributed by atoms with E-state index in [4.69, 9.17) is 4.74 Å². The lowest BCUT2D eigenvalue weighted by Gasteiger charge is -2.34. The Morgan fingerprint density at radius 3 is 3.10 bits per heavy atom. The molecule has 0 radical (unpaired) electrons. The van der Waals surface area contributed by atoms with Gasteiger partial charge in [-0.1, -0.05) is 0 Å². The van der Waals surface area contributed by atoms with Crippen LogP contribution < -0.4 is 15.8 Å². The molecule has 6 heteroatoms. The van der Waals surface area contributed by atoms with E-state index in [-0.39, 0.29) is 5.56 Å². The molecule has 0 bridgehead atoms. The summed E-state index contributed by atoms with van der Waals surface area (Å²) in [4.78, 5) is 18.5. The monoisotopic (exact) mass is 278 g/mol. The molecule has 0 unspecified atom stereocenters. The van der Waals surface area contributed by atoms with Gasteiger partial charge in [0.05, 0.1) is 6.61 Å². The van der Waals surface area contributed by atoms with Crippen LogP contribution in [0.1, 0.15) is 19.3 Å². The van der Waals surface area contributed by atoms with Gasteiger partial charge in [0.25, 0.3) is 5.56 Å². The van der Waals surface area contributed by atoms with Crippen LogP contribution in [0.15, 0.2) is 17.2 Å². The molecule has 110 valence electrons. The lowest BCUT2D eigenvalue weighted by molar-refractivity contribution is 0.187. The molecule has 20 heavy (non-hydrogen) atoms. The lowest BCUT2D eigenvalue weighted by atomic mass is 10.0. The second-order valence-corrected chi connectivity index (χ2v) is 5.68. The average Bonchev–Trinajstić information content (AvgIpc) is 2.95. The Labute approximate surface area is 118 Å². The first kappa shape index (κ1) is 13.6. The van der Waals surface area contributed by atoms with Crippen LogP contribution in [0.3, 0.4) is 0 Å². The minimum atomic E-state index is -0.0163. The predicted octanol–water partition coefficient (Wildman–Crippen LogP) is 0.128. The molecule has 0 aliphatic carbocycles. The Morgan fingerprint density at radius 1 is 1.40 bits per heavy atom. The minimum Gasteiger partial charge on any atom is -0.380 e. The molecule has 2 saturated heterocycles. The first-order chi connectivity index (χ1) is 9.74. The highest BCUT2D eigenvalue weighted by Gasteiger charge is 2.26. The molecule has 0 amide bonds. The van der Waals surface area contributed by atoms with Crippen LogP contribution >= 0.6 is 0 Å². The molecule has 1 aromatic heterocycles. The Morgan fingerprint density at radius 2 is 2.30 bits per heavy atom. The van der Waals surface area contributed by atoms with E-state index in [0.717, 1.165) is 45.6 Å². The van der Waals surface area contributed by atoms with Crippen LogP contribution in [0.2, 0.25) is 0 Å². The summed E-state index contributed by atoms with van der Waals surface area (Å²) in [7, 11) is 1.77. The summed E-state index contributed by atoms with van der Waals surface area (Å²) in [6.07, 6.45) is 6.72. The molecule has 2 aliphatic heterocycles. The van der Waals surface area contributed by atoms with Crippen molar-refractivity contribution in [2.24, 2.45) is 7.05 Å². The normalized spacial score (nSPS) is 26.9. The molecule has 0 aromatic carbocycles. The summed E-state index contributed by atoms with van der Waals surface area (Å²) in [5.41, 5.74) is -0.0163. The van der Waals surface area contributed by atoms with Crippen molar-refractivity contribution in [3.63, 3.8) is 0 Å². The zero-order valence-electron chi connectivity index (χ0n) is 11.9. The number of ether oxygens (including phenoxy) is 1. The van der Waals surface area contributed by atoms with Gasteiger partial charge in [-0.3, -0.25) is 4.79 Å². The summed E-state index contributed by atoms with van der Waals surface area (Å²) in [6.45, 7) is 3.42. The van der Waals surface area contributed by atoms with E-state index in [9.17, 15) is 4.79 Å². The highest BCUT2D eigenvalue weighted by Crippen LogP contribution is 2.16. The van der Waals surface area contributed by atoms with E-state index in [0.29, 0.717) is 17.9 Å². The fourth-order valence-corrected chi connectivity index (χ4v) is 3.01. The average molecular weight is 278 g/mol. The van der Waals surface area contributed by atoms with Crippen molar-refractivity contribution >= 4 is 5.82 Å². The number of piperidine rings is 1. The second kappa shape index (κ2) is 5.93. The molecule has 2 fully saturated rings. The number of nitrogens with one attached hydrogen (secondary N) is 1. The molecule has 2 atom stereocenters. The zero-order chi connectivity index (χ0) is 13.9. The first-order valence-electron chi connectivity index (χ1n) is 7.34. The van der Waals surface area contributed by atoms with Crippen molar-refractivity contribution < 1.29 is 4.74 Å². The Bertz CT molecular complexity index is 510.